The number of anilines is 1. The molecule has 1 aliphatic rings. The van der Waals surface area contributed by atoms with Gasteiger partial charge in [0.05, 0.1) is 0 Å². The van der Waals surface area contributed by atoms with Gasteiger partial charge in [-0.15, -0.1) is 0 Å². The lowest BCUT2D eigenvalue weighted by molar-refractivity contribution is -0.133. The second-order valence-corrected chi connectivity index (χ2v) is 6.58. The van der Waals surface area contributed by atoms with E-state index in [1.807, 2.05) is 52.8 Å². The predicted molar refractivity (Wildman–Crippen MR) is 79.7 cm³/mol. The number of nitrogens with zero attached hydrogens (tertiary/aromatic N) is 1. The second kappa shape index (κ2) is 4.93. The largest absolute Gasteiger partial charge is 0.342 e. The summed E-state index contributed by atoms with van der Waals surface area (Å²) in [5, 5.41) is 2.81. The molecular weight excluding hydrogens is 252 g/mol. The van der Waals surface area contributed by atoms with Crippen LogP contribution in [0, 0.1) is 19.3 Å². The molecule has 4 nitrogen and oxygen atoms in total. The average molecular weight is 274 g/mol. The van der Waals surface area contributed by atoms with E-state index in [2.05, 4.69) is 5.32 Å². The third-order valence-electron chi connectivity index (χ3n) is 3.64. The molecule has 1 unspecified atom stereocenters. The van der Waals surface area contributed by atoms with Gasteiger partial charge in [0.2, 0.25) is 5.91 Å². The van der Waals surface area contributed by atoms with Gasteiger partial charge in [-0.25, -0.2) is 0 Å². The summed E-state index contributed by atoms with van der Waals surface area (Å²) in [4.78, 5) is 26.2. The highest BCUT2D eigenvalue weighted by molar-refractivity contribution is 6.07. The minimum atomic E-state index is -0.483. The molecule has 0 bridgehead atoms. The molecule has 0 spiro atoms. The monoisotopic (exact) mass is 274 g/mol. The number of benzene rings is 1. The molecule has 0 aromatic heterocycles. The summed E-state index contributed by atoms with van der Waals surface area (Å²) >= 11 is 0. The lowest BCUT2D eigenvalue weighted by Crippen LogP contribution is -2.62. The molecule has 0 aliphatic carbocycles. The first kappa shape index (κ1) is 14.6. The first-order valence-electron chi connectivity index (χ1n) is 6.88. The first-order chi connectivity index (χ1) is 9.20. The Balaban J connectivity index is 2.43. The normalized spacial score (nSPS) is 20.1. The van der Waals surface area contributed by atoms with Crippen molar-refractivity contribution >= 4 is 17.5 Å². The number of rotatable bonds is 1. The summed E-state index contributed by atoms with van der Waals surface area (Å²) in [6.45, 7) is 9.92. The Kier molecular flexibility index (Phi) is 3.59. The van der Waals surface area contributed by atoms with E-state index in [-0.39, 0.29) is 23.8 Å². The van der Waals surface area contributed by atoms with Gasteiger partial charge in [0, 0.05) is 5.69 Å². The van der Waals surface area contributed by atoms with Gasteiger partial charge >= 0.3 is 0 Å². The summed E-state index contributed by atoms with van der Waals surface area (Å²) in [6.07, 6.45) is 0. The van der Waals surface area contributed by atoms with Crippen LogP contribution in [0.5, 0.6) is 0 Å². The molecule has 1 aromatic rings. The van der Waals surface area contributed by atoms with Gasteiger partial charge in [0.15, 0.2) is 0 Å². The number of nitrogens with one attached hydrogen (secondary N) is 1. The number of carbonyl (C=O) groups excluding carboxylic acids is 2. The molecule has 1 aliphatic heterocycles. The standard InChI is InChI=1S/C16H22N2O2/c1-10-6-7-11(2)12(8-10)18-9-13(19)17-14(15(18)20)16(3,4)5/h6-8,14H,9H2,1-5H3,(H,17,19). The van der Waals surface area contributed by atoms with Crippen LogP contribution in [0.2, 0.25) is 0 Å². The summed E-state index contributed by atoms with van der Waals surface area (Å²) in [5.74, 6) is -0.142. The molecule has 1 aromatic carbocycles. The fourth-order valence-electron chi connectivity index (χ4n) is 2.45. The minimum absolute atomic E-state index is 0.0363. The van der Waals surface area contributed by atoms with Gasteiger partial charge in [-0.1, -0.05) is 32.9 Å². The summed E-state index contributed by atoms with van der Waals surface area (Å²) in [5.41, 5.74) is 2.62. The van der Waals surface area contributed by atoms with Crippen molar-refractivity contribution in [3.8, 4) is 0 Å². The Bertz CT molecular complexity index is 558. The summed E-state index contributed by atoms with van der Waals surface area (Å²) < 4.78 is 0. The van der Waals surface area contributed by atoms with Crippen molar-refractivity contribution in [1.82, 2.24) is 5.32 Å². The molecule has 1 atom stereocenters. The molecule has 1 N–H and O–H groups in total. The van der Waals surface area contributed by atoms with Crippen molar-refractivity contribution in [2.24, 2.45) is 5.41 Å². The predicted octanol–water partition coefficient (Wildman–Crippen LogP) is 2.18. The van der Waals surface area contributed by atoms with Crippen LogP contribution in [-0.2, 0) is 9.59 Å². The highest BCUT2D eigenvalue weighted by atomic mass is 16.2. The number of piperazine rings is 1. The molecular formula is C16H22N2O2. The molecule has 20 heavy (non-hydrogen) atoms. The van der Waals surface area contributed by atoms with E-state index < -0.39 is 6.04 Å². The number of carbonyl (C=O) groups is 2. The molecule has 2 amide bonds. The molecule has 1 saturated heterocycles. The van der Waals surface area contributed by atoms with Crippen molar-refractivity contribution in [3.05, 3.63) is 29.3 Å². The van der Waals surface area contributed by atoms with Gasteiger partial charge < -0.3 is 10.2 Å². The number of hydrogen-bond donors (Lipinski definition) is 1. The minimum Gasteiger partial charge on any atom is -0.342 e. The zero-order valence-corrected chi connectivity index (χ0v) is 12.8. The van der Waals surface area contributed by atoms with E-state index in [1.165, 1.54) is 0 Å². The second-order valence-electron chi connectivity index (χ2n) is 6.58. The Hall–Kier alpha value is -1.84. The number of hydrogen-bond acceptors (Lipinski definition) is 2. The van der Waals surface area contributed by atoms with Crippen molar-refractivity contribution in [2.75, 3.05) is 11.4 Å². The zero-order chi connectivity index (χ0) is 15.1. The highest BCUT2D eigenvalue weighted by Crippen LogP contribution is 2.28. The van der Waals surface area contributed by atoms with Crippen LogP contribution in [0.15, 0.2) is 18.2 Å². The molecule has 0 radical (unpaired) electrons. The topological polar surface area (TPSA) is 49.4 Å². The van der Waals surface area contributed by atoms with Gasteiger partial charge in [0.1, 0.15) is 12.6 Å². The van der Waals surface area contributed by atoms with Crippen LogP contribution >= 0.6 is 0 Å². The molecule has 4 heteroatoms. The smallest absolute Gasteiger partial charge is 0.250 e. The maximum atomic E-state index is 12.7. The summed E-state index contributed by atoms with van der Waals surface area (Å²) in [6, 6.07) is 5.47. The lowest BCUT2D eigenvalue weighted by atomic mass is 9.84. The molecule has 0 saturated carbocycles. The van der Waals surface area contributed by atoms with Crippen LogP contribution < -0.4 is 10.2 Å². The van der Waals surface area contributed by atoms with Crippen LogP contribution in [-0.4, -0.2) is 24.4 Å². The van der Waals surface area contributed by atoms with E-state index >= 15 is 0 Å². The zero-order valence-electron chi connectivity index (χ0n) is 12.8. The van der Waals surface area contributed by atoms with E-state index in [0.29, 0.717) is 0 Å². The van der Waals surface area contributed by atoms with Gasteiger partial charge in [-0.3, -0.25) is 9.59 Å². The van der Waals surface area contributed by atoms with E-state index in [4.69, 9.17) is 0 Å². The van der Waals surface area contributed by atoms with Gasteiger partial charge in [-0.05, 0) is 36.5 Å². The third-order valence-corrected chi connectivity index (χ3v) is 3.64. The van der Waals surface area contributed by atoms with Gasteiger partial charge in [-0.2, -0.15) is 0 Å². The Morgan fingerprint density at radius 1 is 1.20 bits per heavy atom. The van der Waals surface area contributed by atoms with Crippen LogP contribution in [0.3, 0.4) is 0 Å². The van der Waals surface area contributed by atoms with Crippen LogP contribution in [0.4, 0.5) is 5.69 Å². The fraction of sp³-hybridized carbons (Fsp3) is 0.500. The Morgan fingerprint density at radius 3 is 2.45 bits per heavy atom. The molecule has 108 valence electrons. The maximum absolute atomic E-state index is 12.7. The number of amides is 2. The van der Waals surface area contributed by atoms with E-state index in [9.17, 15) is 9.59 Å². The fourth-order valence-corrected chi connectivity index (χ4v) is 2.45. The first-order valence-corrected chi connectivity index (χ1v) is 6.88. The third kappa shape index (κ3) is 2.69. The van der Waals surface area contributed by atoms with E-state index in [1.54, 1.807) is 4.90 Å². The highest BCUT2D eigenvalue weighted by Gasteiger charge is 2.40. The Labute approximate surface area is 120 Å². The van der Waals surface area contributed by atoms with Gasteiger partial charge in [0.25, 0.3) is 5.91 Å². The maximum Gasteiger partial charge on any atom is 0.250 e. The Morgan fingerprint density at radius 2 is 1.85 bits per heavy atom. The lowest BCUT2D eigenvalue weighted by Gasteiger charge is -2.39. The molecule has 1 fully saturated rings. The quantitative estimate of drug-likeness (QED) is 0.853. The summed E-state index contributed by atoms with van der Waals surface area (Å²) in [7, 11) is 0. The van der Waals surface area contributed by atoms with Crippen LogP contribution in [0.1, 0.15) is 31.9 Å². The van der Waals surface area contributed by atoms with Crippen molar-refractivity contribution in [3.63, 3.8) is 0 Å². The average Bonchev–Trinajstić information content (AvgIpc) is 2.33. The van der Waals surface area contributed by atoms with Crippen molar-refractivity contribution in [2.45, 2.75) is 40.7 Å². The number of aryl methyl sites for hydroxylation is 2. The van der Waals surface area contributed by atoms with Crippen molar-refractivity contribution < 1.29 is 9.59 Å². The van der Waals surface area contributed by atoms with Crippen LogP contribution in [0.25, 0.3) is 0 Å². The van der Waals surface area contributed by atoms with E-state index in [0.717, 1.165) is 16.8 Å². The SMILES string of the molecule is Cc1ccc(C)c(N2CC(=O)NC(C(C)(C)C)C2=O)c1. The molecule has 1 heterocycles. The van der Waals surface area contributed by atoms with Crippen molar-refractivity contribution in [1.29, 1.82) is 0 Å². The molecule has 2 rings (SSSR count).